The number of hydrogen-bond donors (Lipinski definition) is 1. The summed E-state index contributed by atoms with van der Waals surface area (Å²) in [4.78, 5) is 12.3. The number of nitrogens with one attached hydrogen (secondary N) is 1. The average molecular weight is 259 g/mol. The highest BCUT2D eigenvalue weighted by Gasteiger charge is 2.54. The molecule has 1 aromatic rings. The zero-order valence-electron chi connectivity index (χ0n) is 11.4. The molecule has 0 radical (unpaired) electrons. The van der Waals surface area contributed by atoms with Crippen molar-refractivity contribution in [3.8, 4) is 5.75 Å². The van der Waals surface area contributed by atoms with Crippen molar-refractivity contribution in [2.45, 2.75) is 32.6 Å². The third kappa shape index (κ3) is 2.46. The normalized spacial score (nSPS) is 28.4. The van der Waals surface area contributed by atoms with Gasteiger partial charge < -0.3 is 10.1 Å². The summed E-state index contributed by atoms with van der Waals surface area (Å²) in [5.41, 5.74) is 0.804. The molecule has 0 bridgehead atoms. The van der Waals surface area contributed by atoms with E-state index < -0.39 is 0 Å². The van der Waals surface area contributed by atoms with Gasteiger partial charge in [0.1, 0.15) is 5.75 Å². The molecule has 3 rings (SSSR count). The molecule has 2 saturated carbocycles. The van der Waals surface area contributed by atoms with E-state index in [4.69, 9.17) is 4.74 Å². The molecule has 0 aromatic heterocycles. The first-order valence-corrected chi connectivity index (χ1v) is 7.34. The van der Waals surface area contributed by atoms with Crippen molar-refractivity contribution in [3.05, 3.63) is 24.3 Å². The van der Waals surface area contributed by atoms with Crippen LogP contribution in [0.25, 0.3) is 0 Å². The van der Waals surface area contributed by atoms with Gasteiger partial charge in [-0.15, -0.1) is 0 Å². The topological polar surface area (TPSA) is 38.3 Å². The van der Waals surface area contributed by atoms with Gasteiger partial charge in [0.15, 0.2) is 0 Å². The second kappa shape index (κ2) is 5.24. The molecule has 2 atom stereocenters. The third-order valence-electron chi connectivity index (χ3n) is 4.40. The number of anilines is 1. The Bertz CT molecular complexity index is 460. The molecule has 3 heteroatoms. The number of hydrogen-bond acceptors (Lipinski definition) is 2. The predicted molar refractivity (Wildman–Crippen MR) is 75.2 cm³/mol. The molecule has 2 aliphatic carbocycles. The molecule has 19 heavy (non-hydrogen) atoms. The van der Waals surface area contributed by atoms with Gasteiger partial charge in [-0.2, -0.15) is 0 Å². The van der Waals surface area contributed by atoms with E-state index in [0.717, 1.165) is 11.4 Å². The molecule has 0 saturated heterocycles. The molecule has 0 heterocycles. The van der Waals surface area contributed by atoms with Crippen LogP contribution in [0, 0.1) is 17.8 Å². The smallest absolute Gasteiger partial charge is 0.228 e. The minimum atomic E-state index is 0.184. The van der Waals surface area contributed by atoms with Gasteiger partial charge in [-0.1, -0.05) is 25.0 Å². The summed E-state index contributed by atoms with van der Waals surface area (Å²) in [6, 6.07) is 7.67. The molecule has 0 spiro atoms. The lowest BCUT2D eigenvalue weighted by Crippen LogP contribution is -2.16. The summed E-state index contributed by atoms with van der Waals surface area (Å²) in [6.07, 6.45) is 5.05. The van der Waals surface area contributed by atoms with E-state index in [1.165, 1.54) is 25.7 Å². The number of fused-ring (bicyclic) bond motifs is 1. The number of benzene rings is 1. The van der Waals surface area contributed by atoms with E-state index in [9.17, 15) is 4.79 Å². The number of carbonyl (C=O) groups is 1. The van der Waals surface area contributed by atoms with Gasteiger partial charge >= 0.3 is 0 Å². The average Bonchev–Trinajstić information content (AvgIpc) is 3.15. The Balaban J connectivity index is 1.67. The number of ether oxygens (including phenoxy) is 1. The van der Waals surface area contributed by atoms with Crippen LogP contribution in [0.4, 0.5) is 5.69 Å². The Morgan fingerprint density at radius 3 is 2.63 bits per heavy atom. The molecule has 0 aliphatic heterocycles. The van der Waals surface area contributed by atoms with E-state index in [-0.39, 0.29) is 11.8 Å². The first-order valence-electron chi connectivity index (χ1n) is 7.34. The molecule has 0 unspecified atom stereocenters. The summed E-state index contributed by atoms with van der Waals surface area (Å²) < 4.78 is 5.54. The van der Waals surface area contributed by atoms with Crippen LogP contribution in [0.5, 0.6) is 5.75 Å². The number of carbonyl (C=O) groups excluding carboxylic acids is 1. The minimum absolute atomic E-state index is 0.184. The Morgan fingerprint density at radius 1 is 1.26 bits per heavy atom. The maximum absolute atomic E-state index is 12.3. The van der Waals surface area contributed by atoms with Gasteiger partial charge in [0.25, 0.3) is 0 Å². The van der Waals surface area contributed by atoms with E-state index in [2.05, 4.69) is 5.32 Å². The Labute approximate surface area is 114 Å². The maximum Gasteiger partial charge on any atom is 0.228 e. The van der Waals surface area contributed by atoms with Crippen molar-refractivity contribution < 1.29 is 9.53 Å². The van der Waals surface area contributed by atoms with E-state index in [0.29, 0.717) is 18.4 Å². The van der Waals surface area contributed by atoms with Crippen molar-refractivity contribution in [3.63, 3.8) is 0 Å². The molecular weight excluding hydrogens is 238 g/mol. The van der Waals surface area contributed by atoms with Crippen molar-refractivity contribution in [2.75, 3.05) is 11.9 Å². The summed E-state index contributed by atoms with van der Waals surface area (Å²) in [5, 5.41) is 3.05. The van der Waals surface area contributed by atoms with Crippen LogP contribution < -0.4 is 10.1 Å². The van der Waals surface area contributed by atoms with Gasteiger partial charge in [-0.25, -0.2) is 0 Å². The van der Waals surface area contributed by atoms with Crippen LogP contribution in [0.1, 0.15) is 32.6 Å². The molecule has 2 aliphatic rings. The van der Waals surface area contributed by atoms with Gasteiger partial charge in [-0.3, -0.25) is 4.79 Å². The van der Waals surface area contributed by atoms with Crippen molar-refractivity contribution in [1.29, 1.82) is 0 Å². The lowest BCUT2D eigenvalue weighted by Gasteiger charge is -2.11. The minimum Gasteiger partial charge on any atom is -0.492 e. The second-order valence-corrected chi connectivity index (χ2v) is 5.56. The lowest BCUT2D eigenvalue weighted by molar-refractivity contribution is -0.117. The summed E-state index contributed by atoms with van der Waals surface area (Å²) in [6.45, 7) is 2.57. The first kappa shape index (κ1) is 12.5. The zero-order valence-corrected chi connectivity index (χ0v) is 11.4. The molecule has 2 fully saturated rings. The van der Waals surface area contributed by atoms with Gasteiger partial charge in [0.2, 0.25) is 5.91 Å². The lowest BCUT2D eigenvalue weighted by atomic mass is 10.0. The predicted octanol–water partition coefficient (Wildman–Crippen LogP) is 3.46. The quantitative estimate of drug-likeness (QED) is 0.899. The fraction of sp³-hybridized carbons (Fsp3) is 0.562. The van der Waals surface area contributed by atoms with E-state index in [1.807, 2.05) is 31.2 Å². The molecule has 102 valence electrons. The molecule has 1 aromatic carbocycles. The van der Waals surface area contributed by atoms with Crippen LogP contribution in [0.15, 0.2) is 24.3 Å². The fourth-order valence-corrected chi connectivity index (χ4v) is 3.45. The van der Waals surface area contributed by atoms with Crippen molar-refractivity contribution >= 4 is 11.6 Å². The summed E-state index contributed by atoms with van der Waals surface area (Å²) >= 11 is 0. The SMILES string of the molecule is CCOc1ccccc1NC(=O)C1[C@H]2CCCC[C@H]12. The monoisotopic (exact) mass is 259 g/mol. The van der Waals surface area contributed by atoms with Crippen LogP contribution in [0.3, 0.4) is 0 Å². The van der Waals surface area contributed by atoms with Crippen molar-refractivity contribution in [1.82, 2.24) is 0 Å². The maximum atomic E-state index is 12.3. The fourth-order valence-electron chi connectivity index (χ4n) is 3.45. The Morgan fingerprint density at radius 2 is 1.95 bits per heavy atom. The van der Waals surface area contributed by atoms with Crippen LogP contribution in [-0.2, 0) is 4.79 Å². The van der Waals surface area contributed by atoms with Crippen molar-refractivity contribution in [2.24, 2.45) is 17.8 Å². The highest BCUT2D eigenvalue weighted by atomic mass is 16.5. The highest BCUT2D eigenvalue weighted by Crippen LogP contribution is 2.55. The molecule has 1 N–H and O–H groups in total. The standard InChI is InChI=1S/C16H21NO2/c1-2-19-14-10-6-5-9-13(14)17-16(18)15-11-7-3-4-8-12(11)15/h5-6,9-12,15H,2-4,7-8H2,1H3,(H,17,18)/t11-,12-/m0/s1. The number of rotatable bonds is 4. The van der Waals surface area contributed by atoms with Gasteiger partial charge in [-0.05, 0) is 43.7 Å². The number of amides is 1. The Hall–Kier alpha value is -1.51. The number of para-hydroxylation sites is 2. The largest absolute Gasteiger partial charge is 0.492 e. The zero-order chi connectivity index (χ0) is 13.2. The molecular formula is C16H21NO2. The summed E-state index contributed by atoms with van der Waals surface area (Å²) in [7, 11) is 0. The van der Waals surface area contributed by atoms with Crippen LogP contribution in [0.2, 0.25) is 0 Å². The molecule has 1 amide bonds. The van der Waals surface area contributed by atoms with Gasteiger partial charge in [0.05, 0.1) is 12.3 Å². The van der Waals surface area contributed by atoms with E-state index in [1.54, 1.807) is 0 Å². The molecule has 3 nitrogen and oxygen atoms in total. The first-order chi connectivity index (χ1) is 9.31. The summed E-state index contributed by atoms with van der Waals surface area (Å²) in [5.74, 6) is 2.49. The Kier molecular flexibility index (Phi) is 3.45. The highest BCUT2D eigenvalue weighted by molar-refractivity contribution is 5.96. The van der Waals surface area contributed by atoms with E-state index >= 15 is 0 Å². The second-order valence-electron chi connectivity index (χ2n) is 5.56. The van der Waals surface area contributed by atoms with Gasteiger partial charge in [0, 0.05) is 5.92 Å². The third-order valence-corrected chi connectivity index (χ3v) is 4.40. The van der Waals surface area contributed by atoms with Crippen LogP contribution >= 0.6 is 0 Å². The van der Waals surface area contributed by atoms with Crippen LogP contribution in [-0.4, -0.2) is 12.5 Å².